The number of anilines is 1. The predicted molar refractivity (Wildman–Crippen MR) is 95.5 cm³/mol. The number of carbonyl (C=O) groups excluding carboxylic acids is 1. The third-order valence-corrected chi connectivity index (χ3v) is 5.29. The minimum Gasteiger partial charge on any atom is -0.465 e. The van der Waals surface area contributed by atoms with E-state index in [2.05, 4.69) is 14.6 Å². The van der Waals surface area contributed by atoms with Crippen molar-refractivity contribution in [3.63, 3.8) is 0 Å². The number of aromatic nitrogens is 1. The van der Waals surface area contributed by atoms with E-state index in [0.717, 1.165) is 11.6 Å². The second-order valence-electron chi connectivity index (χ2n) is 5.18. The van der Waals surface area contributed by atoms with Crippen molar-refractivity contribution in [1.29, 1.82) is 0 Å². The Kier molecular flexibility index (Phi) is 4.97. The first kappa shape index (κ1) is 18.0. The van der Waals surface area contributed by atoms with Crippen molar-refractivity contribution >= 4 is 33.4 Å². The Hall–Kier alpha value is -2.84. The van der Waals surface area contributed by atoms with Crippen molar-refractivity contribution in [2.45, 2.75) is 4.90 Å². The van der Waals surface area contributed by atoms with Gasteiger partial charge < -0.3 is 9.26 Å². The fraction of sp³-hybridized carbons (Fsp3) is 0.0588. The lowest BCUT2D eigenvalue weighted by Gasteiger charge is -2.08. The molecule has 0 aliphatic heterocycles. The zero-order chi connectivity index (χ0) is 18.7. The third kappa shape index (κ3) is 3.71. The number of halogens is 1. The van der Waals surface area contributed by atoms with Crippen molar-refractivity contribution in [3.8, 4) is 11.3 Å². The molecule has 2 aromatic carbocycles. The van der Waals surface area contributed by atoms with Gasteiger partial charge in [-0.15, -0.1) is 0 Å². The highest BCUT2D eigenvalue weighted by molar-refractivity contribution is 7.92. The lowest BCUT2D eigenvalue weighted by atomic mass is 10.2. The van der Waals surface area contributed by atoms with E-state index in [1.807, 2.05) is 18.2 Å². The molecule has 1 heterocycles. The van der Waals surface area contributed by atoms with Crippen LogP contribution >= 0.6 is 11.6 Å². The summed E-state index contributed by atoms with van der Waals surface area (Å²) in [4.78, 5) is 11.3. The van der Waals surface area contributed by atoms with E-state index in [-0.39, 0.29) is 21.3 Å². The average Bonchev–Trinajstić information content (AvgIpc) is 3.09. The van der Waals surface area contributed by atoms with Crippen LogP contribution in [0.15, 0.2) is 64.0 Å². The third-order valence-electron chi connectivity index (χ3n) is 3.45. The van der Waals surface area contributed by atoms with Crippen LogP contribution in [0.3, 0.4) is 0 Å². The van der Waals surface area contributed by atoms with Crippen LogP contribution in [-0.4, -0.2) is 26.7 Å². The molecule has 3 aromatic rings. The number of benzene rings is 2. The van der Waals surface area contributed by atoms with Gasteiger partial charge in [0.25, 0.3) is 10.0 Å². The number of rotatable bonds is 5. The van der Waals surface area contributed by atoms with Gasteiger partial charge in [0, 0.05) is 11.6 Å². The second-order valence-corrected chi connectivity index (χ2v) is 7.24. The van der Waals surface area contributed by atoms with Crippen molar-refractivity contribution in [1.82, 2.24) is 5.16 Å². The summed E-state index contributed by atoms with van der Waals surface area (Å²) in [6.45, 7) is 0. The highest BCUT2D eigenvalue weighted by Crippen LogP contribution is 2.27. The smallest absolute Gasteiger partial charge is 0.337 e. The summed E-state index contributed by atoms with van der Waals surface area (Å²) >= 11 is 5.98. The van der Waals surface area contributed by atoms with Gasteiger partial charge in [0.2, 0.25) is 0 Å². The van der Waals surface area contributed by atoms with Crippen molar-refractivity contribution in [3.05, 3.63) is 65.2 Å². The number of sulfonamides is 1. The first-order valence-electron chi connectivity index (χ1n) is 7.33. The van der Waals surface area contributed by atoms with E-state index in [4.69, 9.17) is 16.1 Å². The quantitative estimate of drug-likeness (QED) is 0.666. The molecule has 0 atom stereocenters. The molecule has 9 heteroatoms. The minimum absolute atomic E-state index is 0.0107. The Bertz CT molecular complexity index is 1050. The molecule has 26 heavy (non-hydrogen) atoms. The molecule has 134 valence electrons. The molecular formula is C17H13ClN2O5S. The second kappa shape index (κ2) is 7.19. The molecule has 0 saturated carbocycles. The Morgan fingerprint density at radius 2 is 1.88 bits per heavy atom. The maximum Gasteiger partial charge on any atom is 0.337 e. The predicted octanol–water partition coefficient (Wildman–Crippen LogP) is 3.58. The highest BCUT2D eigenvalue weighted by Gasteiger charge is 2.22. The minimum atomic E-state index is -4.09. The summed E-state index contributed by atoms with van der Waals surface area (Å²) in [6.07, 6.45) is 0. The molecule has 0 unspecified atom stereocenters. The zero-order valence-corrected chi connectivity index (χ0v) is 15.0. The van der Waals surface area contributed by atoms with Crippen LogP contribution in [-0.2, 0) is 14.8 Å². The van der Waals surface area contributed by atoms with Crippen LogP contribution in [0, 0.1) is 0 Å². The summed E-state index contributed by atoms with van der Waals surface area (Å²) < 4.78 is 37.2. The van der Waals surface area contributed by atoms with Crippen molar-refractivity contribution in [2.24, 2.45) is 0 Å². The molecule has 0 radical (unpaired) electrons. The molecule has 7 nitrogen and oxygen atoms in total. The van der Waals surface area contributed by atoms with E-state index in [9.17, 15) is 13.2 Å². The van der Waals surface area contributed by atoms with E-state index in [1.54, 1.807) is 12.1 Å². The van der Waals surface area contributed by atoms with Crippen LogP contribution < -0.4 is 4.72 Å². The monoisotopic (exact) mass is 392 g/mol. The Balaban J connectivity index is 1.90. The molecule has 0 aliphatic carbocycles. The normalized spacial score (nSPS) is 11.2. The fourth-order valence-corrected chi connectivity index (χ4v) is 3.72. The number of hydrogen-bond donors (Lipinski definition) is 1. The first-order valence-corrected chi connectivity index (χ1v) is 9.19. The number of esters is 1. The van der Waals surface area contributed by atoms with E-state index >= 15 is 0 Å². The lowest BCUT2D eigenvalue weighted by molar-refractivity contribution is 0.0600. The van der Waals surface area contributed by atoms with Crippen LogP contribution in [0.25, 0.3) is 11.3 Å². The molecule has 0 saturated heterocycles. The topological polar surface area (TPSA) is 98.5 Å². The number of carbonyl (C=O) groups is 1. The zero-order valence-electron chi connectivity index (χ0n) is 13.5. The van der Waals surface area contributed by atoms with Crippen LogP contribution in [0.4, 0.5) is 5.82 Å². The van der Waals surface area contributed by atoms with Gasteiger partial charge in [-0.2, -0.15) is 0 Å². The molecule has 0 spiro atoms. The number of hydrogen-bond acceptors (Lipinski definition) is 6. The molecule has 1 N–H and O–H groups in total. The van der Waals surface area contributed by atoms with Gasteiger partial charge in [-0.1, -0.05) is 47.1 Å². The summed E-state index contributed by atoms with van der Waals surface area (Å²) in [5.41, 5.74) is 0.804. The lowest BCUT2D eigenvalue weighted by Crippen LogP contribution is -2.15. The van der Waals surface area contributed by atoms with Crippen LogP contribution in [0.1, 0.15) is 10.4 Å². The van der Waals surface area contributed by atoms with Crippen LogP contribution in [0.5, 0.6) is 0 Å². The summed E-state index contributed by atoms with van der Waals surface area (Å²) in [5.74, 6) is -0.285. The standard InChI is InChI=1S/C17H13ClN2O5S/c1-24-17(21)12-7-8-13(18)15(9-12)26(22,23)20-16-10-14(25-19-16)11-5-3-2-4-6-11/h2-10H,1H3,(H,19,20). The van der Waals surface area contributed by atoms with Crippen LogP contribution in [0.2, 0.25) is 5.02 Å². The number of nitrogens with zero attached hydrogens (tertiary/aromatic N) is 1. The average molecular weight is 393 g/mol. The Morgan fingerprint density at radius 3 is 2.58 bits per heavy atom. The SMILES string of the molecule is COC(=O)c1ccc(Cl)c(S(=O)(=O)Nc2cc(-c3ccccc3)on2)c1. The molecular weight excluding hydrogens is 380 g/mol. The number of ether oxygens (including phenoxy) is 1. The molecule has 0 bridgehead atoms. The van der Waals surface area contributed by atoms with Gasteiger partial charge in [0.05, 0.1) is 17.7 Å². The van der Waals surface area contributed by atoms with E-state index in [1.165, 1.54) is 25.3 Å². The van der Waals surface area contributed by atoms with Crippen molar-refractivity contribution < 1.29 is 22.5 Å². The highest BCUT2D eigenvalue weighted by atomic mass is 35.5. The van der Waals surface area contributed by atoms with Gasteiger partial charge in [0.15, 0.2) is 11.6 Å². The molecule has 0 aliphatic rings. The number of nitrogens with one attached hydrogen (secondary N) is 1. The maximum atomic E-state index is 12.6. The van der Waals surface area contributed by atoms with E-state index in [0.29, 0.717) is 5.76 Å². The summed E-state index contributed by atoms with van der Waals surface area (Å²) in [5, 5.41) is 3.66. The van der Waals surface area contributed by atoms with Gasteiger partial charge in [0.1, 0.15) is 4.90 Å². The maximum absolute atomic E-state index is 12.6. The molecule has 3 rings (SSSR count). The number of methoxy groups -OCH3 is 1. The van der Waals surface area contributed by atoms with Gasteiger partial charge >= 0.3 is 5.97 Å². The first-order chi connectivity index (χ1) is 12.4. The summed E-state index contributed by atoms with van der Waals surface area (Å²) in [7, 11) is -2.89. The van der Waals surface area contributed by atoms with Crippen molar-refractivity contribution in [2.75, 3.05) is 11.8 Å². The molecule has 0 fully saturated rings. The van der Waals surface area contributed by atoms with Gasteiger partial charge in [-0.05, 0) is 18.2 Å². The fourth-order valence-electron chi connectivity index (χ4n) is 2.21. The van der Waals surface area contributed by atoms with Gasteiger partial charge in [-0.25, -0.2) is 13.2 Å². The van der Waals surface area contributed by atoms with Gasteiger partial charge in [-0.3, -0.25) is 4.72 Å². The molecule has 0 amide bonds. The largest absolute Gasteiger partial charge is 0.465 e. The summed E-state index contributed by atoms with van der Waals surface area (Å²) in [6, 6.07) is 14.3. The Labute approximate surface area is 154 Å². The Morgan fingerprint density at radius 1 is 1.15 bits per heavy atom. The molecule has 1 aromatic heterocycles. The van der Waals surface area contributed by atoms with E-state index < -0.39 is 16.0 Å².